The van der Waals surface area contributed by atoms with Crippen molar-refractivity contribution in [3.05, 3.63) is 30.4 Å². The topological polar surface area (TPSA) is 67.4 Å². The molecule has 1 fully saturated rings. The number of amides is 1. The highest BCUT2D eigenvalue weighted by molar-refractivity contribution is 5.91. The van der Waals surface area contributed by atoms with E-state index in [-0.39, 0.29) is 24.2 Å². The number of nitrogens with zero attached hydrogens (tertiary/aromatic N) is 3. The summed E-state index contributed by atoms with van der Waals surface area (Å²) in [5.74, 6) is -0.119. The van der Waals surface area contributed by atoms with E-state index in [0.717, 1.165) is 13.1 Å². The highest BCUT2D eigenvalue weighted by atomic mass is 16.5. The Hall–Kier alpha value is -1.79. The largest absolute Gasteiger partial charge is 0.373 e. The fraction of sp³-hybridized carbons (Fsp3) is 0.562. The van der Waals surface area contributed by atoms with Crippen LogP contribution in [0.3, 0.4) is 0 Å². The van der Waals surface area contributed by atoms with Crippen LogP contribution < -0.4 is 5.32 Å². The second-order valence-electron chi connectivity index (χ2n) is 5.77. The van der Waals surface area contributed by atoms with E-state index in [4.69, 9.17) is 4.74 Å². The first kappa shape index (κ1) is 16.6. The van der Waals surface area contributed by atoms with Gasteiger partial charge in [-0.3, -0.25) is 19.7 Å². The molecule has 0 aliphatic carbocycles. The van der Waals surface area contributed by atoms with Crippen molar-refractivity contribution in [3.8, 4) is 0 Å². The minimum absolute atomic E-state index is 0.119. The molecule has 1 saturated heterocycles. The Balaban J connectivity index is 1.77. The number of hydrogen-bond donors (Lipinski definition) is 1. The second kappa shape index (κ2) is 8.00. The number of nitrogens with one attached hydrogen (secondary N) is 1. The van der Waals surface area contributed by atoms with Crippen LogP contribution in [0.25, 0.3) is 6.08 Å². The lowest BCUT2D eigenvalue weighted by molar-refractivity contribution is -0.117. The molecule has 6 heteroatoms. The molecule has 2 heterocycles. The number of rotatable bonds is 5. The molecular formula is C16H24N4O2. The maximum Gasteiger partial charge on any atom is 0.244 e. The van der Waals surface area contributed by atoms with Crippen molar-refractivity contribution >= 4 is 12.0 Å². The lowest BCUT2D eigenvalue weighted by atomic mass is 10.1. The summed E-state index contributed by atoms with van der Waals surface area (Å²) in [7, 11) is 0. The number of aromatic nitrogens is 2. The summed E-state index contributed by atoms with van der Waals surface area (Å²) < 4.78 is 5.73. The summed E-state index contributed by atoms with van der Waals surface area (Å²) in [6.07, 6.45) is 8.43. The molecule has 0 aromatic carbocycles. The fourth-order valence-electron chi connectivity index (χ4n) is 2.57. The highest BCUT2D eigenvalue weighted by Gasteiger charge is 2.25. The standard InChI is InChI=1S/C16H24N4O2/c1-12(20-10-13(2)22-14(3)11-20)8-19-16(21)5-4-15-9-17-6-7-18-15/h4-7,9,12-14H,8,10-11H2,1-3H3,(H,19,21). The van der Waals surface area contributed by atoms with Gasteiger partial charge in [0.15, 0.2) is 0 Å². The van der Waals surface area contributed by atoms with Gasteiger partial charge < -0.3 is 10.1 Å². The predicted octanol–water partition coefficient (Wildman–Crippen LogP) is 1.10. The summed E-state index contributed by atoms with van der Waals surface area (Å²) in [6, 6.07) is 0.280. The molecule has 6 nitrogen and oxygen atoms in total. The average Bonchev–Trinajstić information content (AvgIpc) is 2.50. The molecule has 0 bridgehead atoms. The van der Waals surface area contributed by atoms with E-state index in [1.807, 2.05) is 0 Å². The smallest absolute Gasteiger partial charge is 0.244 e. The molecule has 1 amide bonds. The van der Waals surface area contributed by atoms with Gasteiger partial charge in [0.2, 0.25) is 5.91 Å². The first-order valence-corrected chi connectivity index (χ1v) is 7.66. The lowest BCUT2D eigenvalue weighted by Crippen LogP contribution is -2.52. The van der Waals surface area contributed by atoms with Crippen molar-refractivity contribution in [2.75, 3.05) is 19.6 Å². The number of ether oxygens (including phenoxy) is 1. The Morgan fingerprint density at radius 1 is 1.45 bits per heavy atom. The van der Waals surface area contributed by atoms with E-state index in [9.17, 15) is 4.79 Å². The Morgan fingerprint density at radius 2 is 2.18 bits per heavy atom. The van der Waals surface area contributed by atoms with Gasteiger partial charge in [-0.15, -0.1) is 0 Å². The van der Waals surface area contributed by atoms with Gasteiger partial charge in [0.05, 0.1) is 24.1 Å². The molecule has 0 spiro atoms. The third kappa shape index (κ3) is 5.20. The Bertz CT molecular complexity index is 496. The van der Waals surface area contributed by atoms with E-state index < -0.39 is 0 Å². The van der Waals surface area contributed by atoms with E-state index >= 15 is 0 Å². The van der Waals surface area contributed by atoms with E-state index in [2.05, 4.69) is 41.0 Å². The van der Waals surface area contributed by atoms with Gasteiger partial charge in [0, 0.05) is 44.1 Å². The first-order chi connectivity index (χ1) is 10.5. The Morgan fingerprint density at radius 3 is 2.82 bits per heavy atom. The SMILES string of the molecule is CC1CN(C(C)CNC(=O)C=Cc2cnccn2)CC(C)O1. The van der Waals surface area contributed by atoms with Gasteiger partial charge in [-0.2, -0.15) is 0 Å². The van der Waals surface area contributed by atoms with Crippen LogP contribution in [0.1, 0.15) is 26.5 Å². The maximum atomic E-state index is 11.8. The van der Waals surface area contributed by atoms with Crippen molar-refractivity contribution in [3.63, 3.8) is 0 Å². The fourth-order valence-corrected chi connectivity index (χ4v) is 2.57. The van der Waals surface area contributed by atoms with E-state index in [0.29, 0.717) is 12.2 Å². The van der Waals surface area contributed by atoms with Crippen LogP contribution in [0.2, 0.25) is 0 Å². The summed E-state index contributed by atoms with van der Waals surface area (Å²) in [6.45, 7) is 8.70. The quantitative estimate of drug-likeness (QED) is 0.825. The molecule has 3 unspecified atom stereocenters. The van der Waals surface area contributed by atoms with Crippen LogP contribution >= 0.6 is 0 Å². The molecule has 1 aliphatic rings. The molecule has 0 saturated carbocycles. The predicted molar refractivity (Wildman–Crippen MR) is 85.1 cm³/mol. The van der Waals surface area contributed by atoms with Crippen molar-refractivity contribution in [2.24, 2.45) is 0 Å². The monoisotopic (exact) mass is 304 g/mol. The zero-order valence-electron chi connectivity index (χ0n) is 13.4. The molecule has 1 aliphatic heterocycles. The second-order valence-corrected chi connectivity index (χ2v) is 5.77. The van der Waals surface area contributed by atoms with Crippen LogP contribution in [-0.2, 0) is 9.53 Å². The lowest BCUT2D eigenvalue weighted by Gasteiger charge is -2.38. The van der Waals surface area contributed by atoms with Gasteiger partial charge in [0.25, 0.3) is 0 Å². The van der Waals surface area contributed by atoms with Gasteiger partial charge >= 0.3 is 0 Å². The number of carbonyl (C=O) groups is 1. The van der Waals surface area contributed by atoms with Crippen LogP contribution in [0, 0.1) is 0 Å². The Kier molecular flexibility index (Phi) is 6.03. The summed E-state index contributed by atoms with van der Waals surface area (Å²) >= 11 is 0. The van der Waals surface area contributed by atoms with Crippen LogP contribution in [0.4, 0.5) is 0 Å². The minimum atomic E-state index is -0.119. The normalized spacial score (nSPS) is 24.3. The van der Waals surface area contributed by atoms with Gasteiger partial charge in [0.1, 0.15) is 0 Å². The molecule has 1 aromatic rings. The molecule has 1 N–H and O–H groups in total. The van der Waals surface area contributed by atoms with Crippen molar-refractivity contribution in [1.82, 2.24) is 20.2 Å². The first-order valence-electron chi connectivity index (χ1n) is 7.66. The highest BCUT2D eigenvalue weighted by Crippen LogP contribution is 2.13. The van der Waals surface area contributed by atoms with Gasteiger partial charge in [-0.05, 0) is 26.8 Å². The summed E-state index contributed by atoms with van der Waals surface area (Å²) in [5, 5.41) is 2.92. The van der Waals surface area contributed by atoms with E-state index in [1.165, 1.54) is 6.08 Å². The van der Waals surface area contributed by atoms with Gasteiger partial charge in [-0.25, -0.2) is 0 Å². The molecular weight excluding hydrogens is 280 g/mol. The zero-order chi connectivity index (χ0) is 15.9. The van der Waals surface area contributed by atoms with Crippen molar-refractivity contribution in [2.45, 2.75) is 39.0 Å². The molecule has 1 aromatic heterocycles. The summed E-state index contributed by atoms with van der Waals surface area (Å²) in [5.41, 5.74) is 0.668. The van der Waals surface area contributed by atoms with Crippen LogP contribution in [0.5, 0.6) is 0 Å². The minimum Gasteiger partial charge on any atom is -0.373 e. The molecule has 2 rings (SSSR count). The third-order valence-electron chi connectivity index (χ3n) is 3.63. The molecule has 120 valence electrons. The van der Waals surface area contributed by atoms with E-state index in [1.54, 1.807) is 24.7 Å². The number of morpholine rings is 1. The van der Waals surface area contributed by atoms with Gasteiger partial charge in [-0.1, -0.05) is 0 Å². The number of carbonyl (C=O) groups excluding carboxylic acids is 1. The molecule has 0 radical (unpaired) electrons. The maximum absolute atomic E-state index is 11.8. The third-order valence-corrected chi connectivity index (χ3v) is 3.63. The number of hydrogen-bond acceptors (Lipinski definition) is 5. The average molecular weight is 304 g/mol. The summed E-state index contributed by atoms with van der Waals surface area (Å²) in [4.78, 5) is 22.2. The van der Waals surface area contributed by atoms with Crippen LogP contribution in [0.15, 0.2) is 24.7 Å². The molecule has 22 heavy (non-hydrogen) atoms. The van der Waals surface area contributed by atoms with Crippen molar-refractivity contribution in [1.29, 1.82) is 0 Å². The van der Waals surface area contributed by atoms with Crippen LogP contribution in [-0.4, -0.2) is 58.7 Å². The Labute approximate surface area is 131 Å². The zero-order valence-corrected chi connectivity index (χ0v) is 13.4. The van der Waals surface area contributed by atoms with Crippen molar-refractivity contribution < 1.29 is 9.53 Å². The molecule has 3 atom stereocenters.